The van der Waals surface area contributed by atoms with E-state index < -0.39 is 5.60 Å². The highest BCUT2D eigenvalue weighted by atomic mass is 16.6. The summed E-state index contributed by atoms with van der Waals surface area (Å²) in [7, 11) is 1.94. The van der Waals surface area contributed by atoms with E-state index in [4.69, 9.17) is 24.3 Å². The zero-order valence-electron chi connectivity index (χ0n) is 26.9. The van der Waals surface area contributed by atoms with Gasteiger partial charge in [0.05, 0.1) is 17.1 Å². The monoisotopic (exact) mass is 619 g/mol. The van der Waals surface area contributed by atoms with Crippen molar-refractivity contribution < 1.29 is 19.0 Å². The maximum atomic E-state index is 12.8. The van der Waals surface area contributed by atoms with Crippen molar-refractivity contribution in [3.8, 4) is 23.0 Å². The minimum Gasteiger partial charge on any atom is -0.473 e. The smallest absolute Gasteiger partial charge is 0.410 e. The van der Waals surface area contributed by atoms with Gasteiger partial charge in [0.25, 0.3) is 0 Å². The van der Waals surface area contributed by atoms with E-state index in [1.807, 2.05) is 110 Å². The van der Waals surface area contributed by atoms with Crippen molar-refractivity contribution in [2.75, 3.05) is 18.4 Å². The van der Waals surface area contributed by atoms with Gasteiger partial charge in [0, 0.05) is 37.3 Å². The molecule has 3 aromatic carbocycles. The lowest BCUT2D eigenvalue weighted by molar-refractivity contribution is 0.0235. The molecule has 0 aliphatic carbocycles. The quantitative estimate of drug-likeness (QED) is 0.172. The molecule has 9 heteroatoms. The van der Waals surface area contributed by atoms with Crippen LogP contribution in [0.4, 0.5) is 10.5 Å². The molecular formula is C37H41N5O4. The third-order valence-corrected chi connectivity index (χ3v) is 7.94. The summed E-state index contributed by atoms with van der Waals surface area (Å²) in [5.41, 5.74) is 5.08. The van der Waals surface area contributed by atoms with Crippen LogP contribution in [0.2, 0.25) is 0 Å². The molecule has 5 aromatic rings. The number of aryl methyl sites for hydroxylation is 1. The number of benzene rings is 3. The summed E-state index contributed by atoms with van der Waals surface area (Å²) in [5, 5.41) is 9.43. The summed E-state index contributed by atoms with van der Waals surface area (Å²) in [6.45, 7) is 7.81. The van der Waals surface area contributed by atoms with Gasteiger partial charge in [-0.05, 0) is 69.0 Å². The van der Waals surface area contributed by atoms with Gasteiger partial charge in [-0.25, -0.2) is 4.79 Å². The van der Waals surface area contributed by atoms with Crippen LogP contribution in [0.25, 0.3) is 22.2 Å². The number of likely N-dealkylation sites (tertiary alicyclic amines) is 1. The first-order valence-corrected chi connectivity index (χ1v) is 15.8. The summed E-state index contributed by atoms with van der Waals surface area (Å²) in [6, 6.07) is 30.1. The van der Waals surface area contributed by atoms with Gasteiger partial charge in [0.15, 0.2) is 0 Å². The van der Waals surface area contributed by atoms with Crippen LogP contribution >= 0.6 is 0 Å². The Balaban J connectivity index is 1.23. The molecule has 0 unspecified atom stereocenters. The predicted molar refractivity (Wildman–Crippen MR) is 180 cm³/mol. The largest absolute Gasteiger partial charge is 0.473 e. The van der Waals surface area contributed by atoms with E-state index >= 15 is 0 Å². The summed E-state index contributed by atoms with van der Waals surface area (Å²) in [6.07, 6.45) is 1.65. The lowest BCUT2D eigenvalue weighted by Gasteiger charge is -2.29. The van der Waals surface area contributed by atoms with Crippen LogP contribution in [-0.2, 0) is 25.0 Å². The van der Waals surface area contributed by atoms with Crippen molar-refractivity contribution >= 4 is 22.7 Å². The zero-order valence-corrected chi connectivity index (χ0v) is 26.9. The number of carbonyl (C=O) groups excluding carboxylic acids is 1. The van der Waals surface area contributed by atoms with Gasteiger partial charge in [-0.2, -0.15) is 10.1 Å². The fourth-order valence-corrected chi connectivity index (χ4v) is 5.66. The lowest BCUT2D eigenvalue weighted by atomic mass is 10.1. The Morgan fingerprint density at radius 1 is 0.913 bits per heavy atom. The molecule has 46 heavy (non-hydrogen) atoms. The molecule has 1 saturated heterocycles. The number of rotatable bonds is 10. The fourth-order valence-electron chi connectivity index (χ4n) is 5.66. The van der Waals surface area contributed by atoms with Crippen LogP contribution in [0.3, 0.4) is 0 Å². The van der Waals surface area contributed by atoms with E-state index in [0.717, 1.165) is 51.8 Å². The number of pyridine rings is 1. The predicted octanol–water partition coefficient (Wildman–Crippen LogP) is 7.60. The average Bonchev–Trinajstić information content (AvgIpc) is 3.66. The number of fused-ring (bicyclic) bond motifs is 1. The number of nitrogens with one attached hydrogen (secondary N) is 1. The fraction of sp³-hybridized carbons (Fsp3) is 0.324. The maximum Gasteiger partial charge on any atom is 0.410 e. The van der Waals surface area contributed by atoms with E-state index in [9.17, 15) is 4.79 Å². The molecule has 0 saturated carbocycles. The highest BCUT2D eigenvalue weighted by Crippen LogP contribution is 2.36. The highest BCUT2D eigenvalue weighted by molar-refractivity contribution is 5.96. The Hall–Kier alpha value is -5.05. The van der Waals surface area contributed by atoms with Crippen LogP contribution in [0.15, 0.2) is 91.0 Å². The standard InChI is InChI=1S/C37H41N5O4/c1-37(2,3)46-36(43)42-21-11-16-29(42)23-38-28-17-18-30-32(22-28)41(4)40-34(30)31-19-20-33(44-24-26-12-7-5-8-13-26)39-35(31)45-25-27-14-9-6-10-15-27/h5-10,12-15,17-20,22,29,38H,11,16,21,23-25H2,1-4H3/t29-/m1/s1. The molecule has 0 spiro atoms. The van der Waals surface area contributed by atoms with Crippen LogP contribution in [0, 0.1) is 0 Å². The van der Waals surface area contributed by atoms with Gasteiger partial charge >= 0.3 is 6.09 Å². The van der Waals surface area contributed by atoms with E-state index in [1.165, 1.54) is 0 Å². The average molecular weight is 620 g/mol. The molecule has 1 fully saturated rings. The minimum absolute atomic E-state index is 0.0747. The molecule has 1 aliphatic rings. The number of amides is 1. The van der Waals surface area contributed by atoms with Gasteiger partial charge in [0.2, 0.25) is 11.8 Å². The minimum atomic E-state index is -0.516. The normalized spacial score (nSPS) is 14.8. The van der Waals surface area contributed by atoms with Crippen LogP contribution in [-0.4, -0.2) is 50.5 Å². The van der Waals surface area contributed by atoms with Crippen molar-refractivity contribution in [3.05, 3.63) is 102 Å². The Labute approximate surface area is 270 Å². The van der Waals surface area contributed by atoms with Gasteiger partial charge in [-0.1, -0.05) is 60.7 Å². The first-order valence-electron chi connectivity index (χ1n) is 15.8. The molecule has 9 nitrogen and oxygen atoms in total. The maximum absolute atomic E-state index is 12.8. The summed E-state index contributed by atoms with van der Waals surface area (Å²) in [4.78, 5) is 19.4. The third-order valence-electron chi connectivity index (χ3n) is 7.94. The van der Waals surface area contributed by atoms with Crippen molar-refractivity contribution in [1.29, 1.82) is 0 Å². The van der Waals surface area contributed by atoms with Crippen molar-refractivity contribution in [3.63, 3.8) is 0 Å². The van der Waals surface area contributed by atoms with Gasteiger partial charge in [-0.3, -0.25) is 4.68 Å². The van der Waals surface area contributed by atoms with Crippen molar-refractivity contribution in [2.24, 2.45) is 7.05 Å². The van der Waals surface area contributed by atoms with Crippen LogP contribution in [0.5, 0.6) is 11.8 Å². The van der Waals surface area contributed by atoms with Crippen molar-refractivity contribution in [2.45, 2.75) is 58.5 Å². The van der Waals surface area contributed by atoms with E-state index in [-0.39, 0.29) is 12.1 Å². The molecule has 0 bridgehead atoms. The van der Waals surface area contributed by atoms with Crippen LogP contribution in [0.1, 0.15) is 44.7 Å². The highest BCUT2D eigenvalue weighted by Gasteiger charge is 2.32. The Bertz CT molecular complexity index is 1780. The van der Waals surface area contributed by atoms with E-state index in [2.05, 4.69) is 23.5 Å². The molecule has 0 radical (unpaired) electrons. The Kier molecular flexibility index (Phi) is 9.10. The topological polar surface area (TPSA) is 90.7 Å². The lowest BCUT2D eigenvalue weighted by Crippen LogP contribution is -2.42. The molecule has 2 aromatic heterocycles. The summed E-state index contributed by atoms with van der Waals surface area (Å²) >= 11 is 0. The summed E-state index contributed by atoms with van der Waals surface area (Å²) < 4.78 is 19.9. The first-order chi connectivity index (χ1) is 22.2. The second-order valence-electron chi connectivity index (χ2n) is 12.6. The molecule has 1 aliphatic heterocycles. The summed E-state index contributed by atoms with van der Waals surface area (Å²) in [5.74, 6) is 0.940. The number of aromatic nitrogens is 3. The second kappa shape index (κ2) is 13.5. The molecule has 1 N–H and O–H groups in total. The van der Waals surface area contributed by atoms with Crippen molar-refractivity contribution in [1.82, 2.24) is 19.7 Å². The number of hydrogen-bond donors (Lipinski definition) is 1. The first kappa shape index (κ1) is 31.0. The number of carbonyl (C=O) groups is 1. The molecule has 1 amide bonds. The van der Waals surface area contributed by atoms with Gasteiger partial charge in [-0.15, -0.1) is 0 Å². The zero-order chi connectivity index (χ0) is 32.1. The number of ether oxygens (including phenoxy) is 3. The third kappa shape index (κ3) is 7.42. The molecular weight excluding hydrogens is 578 g/mol. The SMILES string of the molecule is Cn1nc(-c2ccc(OCc3ccccc3)nc2OCc2ccccc2)c2ccc(NC[C@H]3CCCN3C(=O)OC(C)(C)C)cc21. The van der Waals surface area contributed by atoms with E-state index in [1.54, 1.807) is 0 Å². The number of anilines is 1. The number of nitrogens with zero attached hydrogens (tertiary/aromatic N) is 4. The van der Waals surface area contributed by atoms with E-state index in [0.29, 0.717) is 38.1 Å². The van der Waals surface area contributed by atoms with Gasteiger partial charge in [0.1, 0.15) is 24.5 Å². The van der Waals surface area contributed by atoms with Crippen LogP contribution < -0.4 is 14.8 Å². The van der Waals surface area contributed by atoms with Gasteiger partial charge < -0.3 is 24.4 Å². The Morgan fingerprint density at radius 2 is 1.61 bits per heavy atom. The number of hydrogen-bond acceptors (Lipinski definition) is 7. The molecule has 6 rings (SSSR count). The molecule has 1 atom stereocenters. The molecule has 238 valence electrons. The second-order valence-corrected chi connectivity index (χ2v) is 12.6. The molecule has 3 heterocycles. The Morgan fingerprint density at radius 3 is 2.30 bits per heavy atom.